The molecule has 5 nitrogen and oxygen atoms in total. The molecule has 0 aromatic carbocycles. The Labute approximate surface area is 133 Å². The van der Waals surface area contributed by atoms with Crippen LogP contribution in [-0.2, 0) is 6.42 Å². The Morgan fingerprint density at radius 1 is 1.14 bits per heavy atom. The first-order valence-corrected chi connectivity index (χ1v) is 7.42. The number of rotatable bonds is 5. The van der Waals surface area contributed by atoms with Crippen molar-refractivity contribution < 1.29 is 4.74 Å². The number of pyridine rings is 2. The Morgan fingerprint density at radius 3 is 2.95 bits per heavy atom. The number of hydrogen-bond donors (Lipinski definition) is 0. The van der Waals surface area contributed by atoms with Crippen molar-refractivity contribution in [2.45, 2.75) is 19.8 Å². The van der Waals surface area contributed by atoms with Gasteiger partial charge in [-0.25, -0.2) is 19.9 Å². The second-order valence-corrected chi connectivity index (χ2v) is 5.26. The first-order valence-electron chi connectivity index (χ1n) is 7.04. The first kappa shape index (κ1) is 14.7. The average molecular weight is 315 g/mol. The highest BCUT2D eigenvalue weighted by Crippen LogP contribution is 2.20. The topological polar surface area (TPSA) is 60.8 Å². The summed E-state index contributed by atoms with van der Waals surface area (Å²) in [7, 11) is 0. The highest BCUT2D eigenvalue weighted by Gasteiger charge is 2.06. The monoisotopic (exact) mass is 314 g/mol. The molecule has 3 rings (SSSR count). The lowest BCUT2D eigenvalue weighted by atomic mass is 10.2. The summed E-state index contributed by atoms with van der Waals surface area (Å²) >= 11 is 5.93. The summed E-state index contributed by atoms with van der Waals surface area (Å²) in [5.74, 6) is 0.535. The Morgan fingerprint density at radius 2 is 2.05 bits per heavy atom. The summed E-state index contributed by atoms with van der Waals surface area (Å²) in [4.78, 5) is 16.8. The van der Waals surface area contributed by atoms with E-state index in [1.54, 1.807) is 6.20 Å². The molecule has 0 saturated heterocycles. The molecular weight excluding hydrogens is 300 g/mol. The molecule has 0 unspecified atom stereocenters. The van der Waals surface area contributed by atoms with Gasteiger partial charge in [0.15, 0.2) is 5.65 Å². The van der Waals surface area contributed by atoms with E-state index in [0.29, 0.717) is 17.6 Å². The van der Waals surface area contributed by atoms with Crippen LogP contribution in [0.25, 0.3) is 11.0 Å². The maximum atomic E-state index is 5.93. The molecule has 0 aliphatic heterocycles. The van der Waals surface area contributed by atoms with Crippen molar-refractivity contribution in [1.82, 2.24) is 19.9 Å². The van der Waals surface area contributed by atoms with Crippen molar-refractivity contribution >= 4 is 22.6 Å². The number of aromatic nitrogens is 4. The molecule has 0 N–H and O–H groups in total. The predicted octanol–water partition coefficient (Wildman–Crippen LogP) is 3.39. The van der Waals surface area contributed by atoms with E-state index in [1.165, 1.54) is 6.33 Å². The lowest BCUT2D eigenvalue weighted by molar-refractivity contribution is 0.296. The molecule has 112 valence electrons. The number of hydrogen-bond acceptors (Lipinski definition) is 5. The van der Waals surface area contributed by atoms with Crippen LogP contribution in [0.15, 0.2) is 36.8 Å². The molecule has 22 heavy (non-hydrogen) atoms. The molecule has 0 bridgehead atoms. The van der Waals surface area contributed by atoms with Crippen LogP contribution < -0.4 is 4.74 Å². The van der Waals surface area contributed by atoms with Crippen molar-refractivity contribution in [3.8, 4) is 5.88 Å². The smallest absolute Gasteiger partial charge is 0.220 e. The molecular formula is C16H15ClN4O. The number of halogens is 1. The SMILES string of the molecule is Cc1c(Cl)ncnc1OCCCc1ccc2cccnc2n1. The molecule has 0 radical (unpaired) electrons. The van der Waals surface area contributed by atoms with Gasteiger partial charge >= 0.3 is 0 Å². The largest absolute Gasteiger partial charge is 0.477 e. The van der Waals surface area contributed by atoms with E-state index in [4.69, 9.17) is 16.3 Å². The second-order valence-electron chi connectivity index (χ2n) is 4.90. The second kappa shape index (κ2) is 6.66. The Kier molecular flexibility index (Phi) is 4.44. The standard InChI is InChI=1S/C16H15ClN4O/c1-11-14(17)19-10-20-16(11)22-9-3-5-13-7-6-12-4-2-8-18-15(12)21-13/h2,4,6-8,10H,3,5,9H2,1H3. The minimum absolute atomic E-state index is 0.423. The fraction of sp³-hybridized carbons (Fsp3) is 0.250. The summed E-state index contributed by atoms with van der Waals surface area (Å²) in [6.45, 7) is 2.39. The number of aryl methyl sites for hydroxylation is 1. The van der Waals surface area contributed by atoms with Crippen LogP contribution >= 0.6 is 11.6 Å². The zero-order chi connectivity index (χ0) is 15.4. The first-order chi connectivity index (χ1) is 10.7. The predicted molar refractivity (Wildman–Crippen MR) is 85.1 cm³/mol. The van der Waals surface area contributed by atoms with Gasteiger partial charge in [0.05, 0.1) is 6.61 Å². The van der Waals surface area contributed by atoms with Gasteiger partial charge in [-0.1, -0.05) is 11.6 Å². The zero-order valence-electron chi connectivity index (χ0n) is 12.2. The zero-order valence-corrected chi connectivity index (χ0v) is 12.9. The summed E-state index contributed by atoms with van der Waals surface area (Å²) in [5, 5.41) is 1.47. The third-order valence-corrected chi connectivity index (χ3v) is 3.70. The molecule has 6 heteroatoms. The van der Waals surface area contributed by atoms with Gasteiger partial charge in [-0.15, -0.1) is 0 Å². The number of fused-ring (bicyclic) bond motifs is 1. The van der Waals surface area contributed by atoms with E-state index >= 15 is 0 Å². The lowest BCUT2D eigenvalue weighted by Crippen LogP contribution is -2.04. The number of nitrogens with zero attached hydrogens (tertiary/aromatic N) is 4. The van der Waals surface area contributed by atoms with Crippen LogP contribution in [0.1, 0.15) is 17.7 Å². The minimum Gasteiger partial charge on any atom is -0.477 e. The van der Waals surface area contributed by atoms with Crippen molar-refractivity contribution in [1.29, 1.82) is 0 Å². The molecule has 3 aromatic heterocycles. The highest BCUT2D eigenvalue weighted by molar-refractivity contribution is 6.30. The van der Waals surface area contributed by atoms with E-state index in [2.05, 4.69) is 19.9 Å². The minimum atomic E-state index is 0.423. The van der Waals surface area contributed by atoms with Gasteiger partial charge < -0.3 is 4.74 Å². The molecule has 0 aliphatic rings. The van der Waals surface area contributed by atoms with Gasteiger partial charge in [0, 0.05) is 22.8 Å². The molecule has 0 saturated carbocycles. The Hall–Kier alpha value is -2.27. The third kappa shape index (κ3) is 3.31. The van der Waals surface area contributed by atoms with Gasteiger partial charge in [0.2, 0.25) is 5.88 Å². The maximum Gasteiger partial charge on any atom is 0.220 e. The van der Waals surface area contributed by atoms with Crippen molar-refractivity contribution in [2.75, 3.05) is 6.61 Å². The maximum absolute atomic E-state index is 5.93. The van der Waals surface area contributed by atoms with Crippen molar-refractivity contribution in [3.05, 3.63) is 53.2 Å². The molecule has 0 amide bonds. The molecule has 0 fully saturated rings. The van der Waals surface area contributed by atoms with Crippen LogP contribution in [-0.4, -0.2) is 26.5 Å². The van der Waals surface area contributed by atoms with Gasteiger partial charge in [0.25, 0.3) is 0 Å². The van der Waals surface area contributed by atoms with E-state index < -0.39 is 0 Å². The Balaban J connectivity index is 1.57. The van der Waals surface area contributed by atoms with E-state index in [0.717, 1.165) is 35.1 Å². The van der Waals surface area contributed by atoms with E-state index in [1.807, 2.05) is 31.2 Å². The van der Waals surface area contributed by atoms with Crippen LogP contribution in [0.4, 0.5) is 0 Å². The van der Waals surface area contributed by atoms with Crippen LogP contribution in [0.2, 0.25) is 5.15 Å². The summed E-state index contributed by atoms with van der Waals surface area (Å²) in [6.07, 6.45) is 4.82. The fourth-order valence-electron chi connectivity index (χ4n) is 2.11. The van der Waals surface area contributed by atoms with Gasteiger partial charge in [0.1, 0.15) is 11.5 Å². The van der Waals surface area contributed by atoms with Crippen LogP contribution in [0, 0.1) is 6.92 Å². The average Bonchev–Trinajstić information content (AvgIpc) is 2.55. The normalized spacial score (nSPS) is 10.8. The van der Waals surface area contributed by atoms with E-state index in [-0.39, 0.29) is 0 Å². The van der Waals surface area contributed by atoms with Crippen molar-refractivity contribution in [3.63, 3.8) is 0 Å². The molecule has 3 aromatic rings. The van der Waals surface area contributed by atoms with Crippen molar-refractivity contribution in [2.24, 2.45) is 0 Å². The number of ether oxygens (including phenoxy) is 1. The lowest BCUT2D eigenvalue weighted by Gasteiger charge is -2.08. The van der Waals surface area contributed by atoms with E-state index in [9.17, 15) is 0 Å². The van der Waals surface area contributed by atoms with Gasteiger partial charge in [-0.05, 0) is 44.0 Å². The summed E-state index contributed by atoms with van der Waals surface area (Å²) in [5.41, 5.74) is 2.55. The molecule has 0 atom stereocenters. The van der Waals surface area contributed by atoms with Crippen LogP contribution in [0.3, 0.4) is 0 Å². The summed E-state index contributed by atoms with van der Waals surface area (Å²) < 4.78 is 5.65. The summed E-state index contributed by atoms with van der Waals surface area (Å²) in [6, 6.07) is 7.98. The molecule has 3 heterocycles. The highest BCUT2D eigenvalue weighted by atomic mass is 35.5. The van der Waals surface area contributed by atoms with Gasteiger partial charge in [-0.2, -0.15) is 0 Å². The van der Waals surface area contributed by atoms with Crippen LogP contribution in [0.5, 0.6) is 5.88 Å². The van der Waals surface area contributed by atoms with Gasteiger partial charge in [-0.3, -0.25) is 0 Å². The molecule has 0 aliphatic carbocycles. The quantitative estimate of drug-likeness (QED) is 0.533. The Bertz CT molecular complexity index is 794. The third-order valence-electron chi connectivity index (χ3n) is 3.31. The molecule has 0 spiro atoms. The fourth-order valence-corrected chi connectivity index (χ4v) is 2.24.